The van der Waals surface area contributed by atoms with Crippen LogP contribution in [0.25, 0.3) is 0 Å². The van der Waals surface area contributed by atoms with Gasteiger partial charge in [-0.3, -0.25) is 9.69 Å². The average molecular weight is 606 g/mol. The van der Waals surface area contributed by atoms with Crippen LogP contribution in [0.1, 0.15) is 68.8 Å². The van der Waals surface area contributed by atoms with E-state index in [0.29, 0.717) is 24.6 Å². The van der Waals surface area contributed by atoms with Gasteiger partial charge in [0.15, 0.2) is 6.10 Å². The molecule has 2 aliphatic rings. The van der Waals surface area contributed by atoms with Crippen LogP contribution in [0.4, 0.5) is 23.7 Å². The summed E-state index contributed by atoms with van der Waals surface area (Å²) in [5.74, 6) is -1.82. The number of urea groups is 1. The maximum Gasteiger partial charge on any atom is 0.573 e. The summed E-state index contributed by atoms with van der Waals surface area (Å²) in [6.45, 7) is 6.95. The summed E-state index contributed by atoms with van der Waals surface area (Å²) in [6.07, 6.45) is -2.22. The number of carbonyl (C=O) groups excluding carboxylic acids is 2. The lowest BCUT2D eigenvalue weighted by molar-refractivity contribution is -0.274. The first-order valence-electron chi connectivity index (χ1n) is 14.3. The molecule has 0 radical (unpaired) electrons. The lowest BCUT2D eigenvalue weighted by Gasteiger charge is -2.54. The van der Waals surface area contributed by atoms with Crippen LogP contribution in [0, 0.1) is 11.3 Å². The number of carboxylic acid groups (broad SMARTS) is 1. The smallest absolute Gasteiger partial charge is 0.479 e. The zero-order valence-electron chi connectivity index (χ0n) is 24.5. The summed E-state index contributed by atoms with van der Waals surface area (Å²) in [6, 6.07) is 11.6. The van der Waals surface area contributed by atoms with E-state index >= 15 is 0 Å². The Morgan fingerprint density at radius 1 is 1.02 bits per heavy atom. The second kappa shape index (κ2) is 12.4. The highest BCUT2D eigenvalue weighted by molar-refractivity contribution is 5.95. The van der Waals surface area contributed by atoms with Gasteiger partial charge in [-0.1, -0.05) is 32.9 Å². The number of halogens is 3. The number of aliphatic hydroxyl groups excluding tert-OH is 1. The minimum absolute atomic E-state index is 0.147. The van der Waals surface area contributed by atoms with Gasteiger partial charge in [0.2, 0.25) is 0 Å². The monoisotopic (exact) mass is 605 g/mol. The largest absolute Gasteiger partial charge is 0.573 e. The lowest BCUT2D eigenvalue weighted by atomic mass is 9.65. The molecule has 0 unspecified atom stereocenters. The maximum atomic E-state index is 14.1. The summed E-state index contributed by atoms with van der Waals surface area (Å²) < 4.78 is 41.9. The third-order valence-corrected chi connectivity index (χ3v) is 8.66. The second-order valence-electron chi connectivity index (χ2n) is 12.4. The fourth-order valence-electron chi connectivity index (χ4n) is 6.07. The zero-order chi connectivity index (χ0) is 31.6. The van der Waals surface area contributed by atoms with Crippen molar-refractivity contribution in [3.05, 3.63) is 59.7 Å². The van der Waals surface area contributed by atoms with E-state index in [-0.39, 0.29) is 34.8 Å². The van der Waals surface area contributed by atoms with Crippen molar-refractivity contribution >= 4 is 23.6 Å². The number of ether oxygens (including phenoxy) is 1. The first-order valence-corrected chi connectivity index (χ1v) is 14.3. The number of hydrogen-bond acceptors (Lipinski definition) is 5. The van der Waals surface area contributed by atoms with E-state index in [1.807, 2.05) is 4.90 Å². The van der Waals surface area contributed by atoms with Crippen molar-refractivity contribution in [1.29, 1.82) is 0 Å². The Hall–Kier alpha value is -3.80. The zero-order valence-corrected chi connectivity index (χ0v) is 24.5. The van der Waals surface area contributed by atoms with Crippen molar-refractivity contribution in [2.75, 3.05) is 18.0 Å². The Balaban J connectivity index is 1.54. The lowest BCUT2D eigenvalue weighted by Crippen LogP contribution is -2.63. The van der Waals surface area contributed by atoms with Gasteiger partial charge in [-0.25, -0.2) is 9.59 Å². The summed E-state index contributed by atoms with van der Waals surface area (Å²) in [7, 11) is 0. The number of benzene rings is 2. The normalized spacial score (nSPS) is 21.9. The molecule has 234 valence electrons. The van der Waals surface area contributed by atoms with Crippen LogP contribution in [-0.4, -0.2) is 64.1 Å². The maximum absolute atomic E-state index is 14.1. The van der Waals surface area contributed by atoms with E-state index in [2.05, 4.69) is 30.8 Å². The van der Waals surface area contributed by atoms with Crippen LogP contribution < -0.4 is 15.0 Å². The molecule has 0 bridgehead atoms. The van der Waals surface area contributed by atoms with Gasteiger partial charge in [0.1, 0.15) is 5.75 Å². The van der Waals surface area contributed by atoms with Crippen LogP contribution >= 0.6 is 0 Å². The second-order valence-corrected chi connectivity index (χ2v) is 12.4. The minimum Gasteiger partial charge on any atom is -0.479 e. The number of aliphatic carboxylic acids is 1. The number of anilines is 1. The molecular weight excluding hydrogens is 567 g/mol. The number of rotatable bonds is 8. The highest BCUT2D eigenvalue weighted by Crippen LogP contribution is 2.47. The number of carbonyl (C=O) groups is 3. The van der Waals surface area contributed by atoms with Crippen LogP contribution in [0.15, 0.2) is 48.5 Å². The van der Waals surface area contributed by atoms with Crippen molar-refractivity contribution in [3.63, 3.8) is 0 Å². The molecule has 9 nitrogen and oxygen atoms in total. The van der Waals surface area contributed by atoms with Crippen molar-refractivity contribution in [1.82, 2.24) is 10.2 Å². The van der Waals surface area contributed by atoms with E-state index < -0.39 is 30.9 Å². The highest BCUT2D eigenvalue weighted by atomic mass is 19.4. The Labute approximate surface area is 248 Å². The Morgan fingerprint density at radius 2 is 1.63 bits per heavy atom. The van der Waals surface area contributed by atoms with Gasteiger partial charge in [0.05, 0.1) is 6.54 Å². The Bertz CT molecular complexity index is 1300. The molecule has 3 amide bonds. The molecule has 1 saturated heterocycles. The summed E-state index contributed by atoms with van der Waals surface area (Å²) in [5.41, 5.74) is 1.29. The van der Waals surface area contributed by atoms with Crippen molar-refractivity contribution in [2.45, 2.75) is 77.4 Å². The molecule has 1 atom stereocenters. The van der Waals surface area contributed by atoms with Crippen LogP contribution in [-0.2, 0) is 11.3 Å². The molecule has 1 heterocycles. The van der Waals surface area contributed by atoms with Gasteiger partial charge in [0, 0.05) is 29.9 Å². The minimum atomic E-state index is -4.81. The van der Waals surface area contributed by atoms with Gasteiger partial charge in [-0.15, -0.1) is 13.2 Å². The van der Waals surface area contributed by atoms with Crippen molar-refractivity contribution in [3.8, 4) is 5.75 Å². The van der Waals surface area contributed by atoms with Gasteiger partial charge in [-0.05, 0) is 85.4 Å². The summed E-state index contributed by atoms with van der Waals surface area (Å²) in [4.78, 5) is 40.7. The summed E-state index contributed by atoms with van der Waals surface area (Å²) >= 11 is 0. The van der Waals surface area contributed by atoms with Crippen LogP contribution in [0.5, 0.6) is 5.75 Å². The molecule has 4 rings (SSSR count). The number of carboxylic acids is 1. The van der Waals surface area contributed by atoms with Gasteiger partial charge in [0.25, 0.3) is 5.91 Å². The molecule has 3 N–H and O–H groups in total. The van der Waals surface area contributed by atoms with E-state index in [4.69, 9.17) is 5.11 Å². The van der Waals surface area contributed by atoms with Crippen molar-refractivity contribution < 1.29 is 42.5 Å². The van der Waals surface area contributed by atoms with Crippen LogP contribution in [0.2, 0.25) is 0 Å². The fourth-order valence-corrected chi connectivity index (χ4v) is 6.07. The molecule has 1 aliphatic carbocycles. The number of nitrogens with zero attached hydrogens (tertiary/aromatic N) is 2. The Kier molecular flexibility index (Phi) is 9.29. The Morgan fingerprint density at radius 3 is 2.16 bits per heavy atom. The number of amides is 3. The predicted molar refractivity (Wildman–Crippen MR) is 153 cm³/mol. The first kappa shape index (κ1) is 32.1. The number of aliphatic hydroxyl groups is 1. The van der Waals surface area contributed by atoms with E-state index in [9.17, 15) is 32.7 Å². The highest BCUT2D eigenvalue weighted by Gasteiger charge is 2.48. The first-order chi connectivity index (χ1) is 20.1. The topological polar surface area (TPSA) is 119 Å². The standard InChI is InChI=1S/C31H38F3N3O6/c1-29(2,3)22-12-14-30(15-13-22)16-17-36(23-8-10-24(11-9-23)43-31(32,33)34)28(42)37(30)19-20-4-6-21(7-5-20)26(39)35-18-25(38)27(40)41/h4-11,22,25,38H,12-19H2,1-3H3,(H,35,39)(H,40,41)/t22-,25-,30-/m1/s1. The molecular formula is C31H38F3N3O6. The molecule has 2 aromatic rings. The van der Waals surface area contributed by atoms with E-state index in [0.717, 1.165) is 31.2 Å². The van der Waals surface area contributed by atoms with Gasteiger partial charge >= 0.3 is 18.4 Å². The van der Waals surface area contributed by atoms with E-state index in [1.54, 1.807) is 29.2 Å². The molecule has 43 heavy (non-hydrogen) atoms. The third-order valence-electron chi connectivity index (χ3n) is 8.66. The molecule has 1 saturated carbocycles. The molecule has 1 spiro atoms. The van der Waals surface area contributed by atoms with Gasteiger partial charge in [-0.2, -0.15) is 0 Å². The molecule has 2 fully saturated rings. The average Bonchev–Trinajstić information content (AvgIpc) is 2.94. The molecule has 2 aromatic carbocycles. The number of nitrogens with one attached hydrogen (secondary N) is 1. The quantitative estimate of drug-likeness (QED) is 0.362. The van der Waals surface area contributed by atoms with Crippen LogP contribution in [0.3, 0.4) is 0 Å². The SMILES string of the molecule is CC(C)(C)[C@H]1CC[C@@]2(CCN(c3ccc(OC(F)(F)F)cc3)C(=O)N2Cc2ccc(C(=O)NC[C@@H](O)C(=O)O)cc2)CC1. The fraction of sp³-hybridized carbons (Fsp3) is 0.516. The van der Waals surface area contributed by atoms with Crippen molar-refractivity contribution in [2.24, 2.45) is 11.3 Å². The molecule has 1 aliphatic heterocycles. The van der Waals surface area contributed by atoms with Gasteiger partial charge < -0.3 is 25.2 Å². The number of hydrogen-bond donors (Lipinski definition) is 3. The molecule has 12 heteroatoms. The predicted octanol–water partition coefficient (Wildman–Crippen LogP) is 5.57. The summed E-state index contributed by atoms with van der Waals surface area (Å²) in [5, 5.41) is 20.6. The molecule has 0 aromatic heterocycles. The number of alkyl halides is 3. The van der Waals surface area contributed by atoms with E-state index in [1.165, 1.54) is 24.3 Å². The third kappa shape index (κ3) is 7.78.